The molecule has 0 aromatic carbocycles. The number of hydrogen-bond donors (Lipinski definition) is 2. The van der Waals surface area contributed by atoms with Crippen LogP contribution in [0.1, 0.15) is 58.8 Å². The molecule has 0 saturated heterocycles. The molecule has 0 aliphatic heterocycles. The fraction of sp³-hybridized carbons (Fsp3) is 0.929. The molecule has 0 aromatic heterocycles. The van der Waals surface area contributed by atoms with Crippen molar-refractivity contribution in [3.8, 4) is 0 Å². The highest BCUT2D eigenvalue weighted by molar-refractivity contribution is 5.78. The predicted molar refractivity (Wildman–Crippen MR) is 71.6 cm³/mol. The van der Waals surface area contributed by atoms with Gasteiger partial charge in [-0.3, -0.25) is 4.79 Å². The van der Waals surface area contributed by atoms with Crippen molar-refractivity contribution in [2.45, 2.75) is 64.8 Å². The number of rotatable bonds is 6. The van der Waals surface area contributed by atoms with Crippen LogP contribution in [0.15, 0.2) is 0 Å². The molecule has 3 nitrogen and oxygen atoms in total. The van der Waals surface area contributed by atoms with Gasteiger partial charge in [-0.1, -0.05) is 26.7 Å². The van der Waals surface area contributed by atoms with Gasteiger partial charge in [-0.2, -0.15) is 0 Å². The lowest BCUT2D eigenvalue weighted by Crippen LogP contribution is -2.36. The van der Waals surface area contributed by atoms with Crippen molar-refractivity contribution in [2.24, 2.45) is 17.6 Å². The zero-order valence-corrected chi connectivity index (χ0v) is 11.4. The van der Waals surface area contributed by atoms with Gasteiger partial charge in [0.2, 0.25) is 5.91 Å². The Bertz CT molecular complexity index is 220. The molecule has 0 atom stereocenters. The number of hydrogen-bond acceptors (Lipinski definition) is 2. The number of amides is 1. The van der Waals surface area contributed by atoms with Gasteiger partial charge >= 0.3 is 0 Å². The summed E-state index contributed by atoms with van der Waals surface area (Å²) in [4.78, 5) is 11.8. The Kier molecular flexibility index (Phi) is 6.56. The van der Waals surface area contributed by atoms with Crippen LogP contribution >= 0.6 is 0 Å². The van der Waals surface area contributed by atoms with E-state index in [1.54, 1.807) is 0 Å². The molecular weight excluding hydrogens is 212 g/mol. The van der Waals surface area contributed by atoms with Crippen molar-refractivity contribution in [3.63, 3.8) is 0 Å². The first-order valence-electron chi connectivity index (χ1n) is 7.13. The van der Waals surface area contributed by atoms with Gasteiger partial charge in [0.25, 0.3) is 0 Å². The van der Waals surface area contributed by atoms with Crippen LogP contribution in [0.5, 0.6) is 0 Å². The lowest BCUT2D eigenvalue weighted by Gasteiger charge is -2.25. The SMILES string of the molecule is CC(C)CCCCNC(=O)C1CCC(N)CC1. The molecule has 0 unspecified atom stereocenters. The van der Waals surface area contributed by atoms with E-state index in [0.29, 0.717) is 6.04 Å². The van der Waals surface area contributed by atoms with E-state index in [4.69, 9.17) is 5.73 Å². The molecule has 0 aromatic rings. The van der Waals surface area contributed by atoms with Gasteiger partial charge in [0.15, 0.2) is 0 Å². The summed E-state index contributed by atoms with van der Waals surface area (Å²) < 4.78 is 0. The van der Waals surface area contributed by atoms with E-state index in [2.05, 4.69) is 19.2 Å². The van der Waals surface area contributed by atoms with E-state index < -0.39 is 0 Å². The average Bonchev–Trinajstić information content (AvgIpc) is 2.29. The molecular formula is C14H28N2O. The smallest absolute Gasteiger partial charge is 0.223 e. The summed E-state index contributed by atoms with van der Waals surface area (Å²) in [5.41, 5.74) is 5.83. The van der Waals surface area contributed by atoms with Crippen molar-refractivity contribution in [3.05, 3.63) is 0 Å². The Balaban J connectivity index is 2.05. The Hall–Kier alpha value is -0.570. The molecule has 1 fully saturated rings. The fourth-order valence-electron chi connectivity index (χ4n) is 2.41. The standard InChI is InChI=1S/C14H28N2O/c1-11(2)5-3-4-10-16-14(17)12-6-8-13(15)9-7-12/h11-13H,3-10,15H2,1-2H3,(H,16,17). The highest BCUT2D eigenvalue weighted by Crippen LogP contribution is 2.23. The lowest BCUT2D eigenvalue weighted by atomic mass is 9.86. The molecule has 100 valence electrons. The third-order valence-electron chi connectivity index (χ3n) is 3.65. The summed E-state index contributed by atoms with van der Waals surface area (Å²) in [5.74, 6) is 1.24. The second-order valence-corrected chi connectivity index (χ2v) is 5.79. The van der Waals surface area contributed by atoms with E-state index >= 15 is 0 Å². The van der Waals surface area contributed by atoms with Crippen LogP contribution in [-0.2, 0) is 4.79 Å². The zero-order valence-electron chi connectivity index (χ0n) is 11.4. The van der Waals surface area contributed by atoms with Crippen molar-refractivity contribution in [1.82, 2.24) is 5.32 Å². The van der Waals surface area contributed by atoms with Crippen LogP contribution in [0.4, 0.5) is 0 Å². The molecule has 1 saturated carbocycles. The van der Waals surface area contributed by atoms with Crippen LogP contribution in [-0.4, -0.2) is 18.5 Å². The summed E-state index contributed by atoms with van der Waals surface area (Å²) in [6.07, 6.45) is 7.53. The summed E-state index contributed by atoms with van der Waals surface area (Å²) in [6.45, 7) is 5.32. The maximum atomic E-state index is 11.8. The minimum absolute atomic E-state index is 0.222. The van der Waals surface area contributed by atoms with Crippen LogP contribution < -0.4 is 11.1 Å². The van der Waals surface area contributed by atoms with Gasteiger partial charge < -0.3 is 11.1 Å². The normalized spacial score (nSPS) is 24.9. The predicted octanol–water partition coefficient (Wildman–Crippen LogP) is 2.45. The molecule has 1 rings (SSSR count). The van der Waals surface area contributed by atoms with E-state index in [0.717, 1.165) is 44.6 Å². The van der Waals surface area contributed by atoms with Crippen LogP contribution in [0, 0.1) is 11.8 Å². The van der Waals surface area contributed by atoms with Crippen LogP contribution in [0.2, 0.25) is 0 Å². The van der Waals surface area contributed by atoms with Crippen molar-refractivity contribution < 1.29 is 4.79 Å². The molecule has 3 heteroatoms. The topological polar surface area (TPSA) is 55.1 Å². The first-order valence-corrected chi connectivity index (χ1v) is 7.13. The maximum Gasteiger partial charge on any atom is 0.223 e. The lowest BCUT2D eigenvalue weighted by molar-refractivity contribution is -0.126. The van der Waals surface area contributed by atoms with E-state index in [-0.39, 0.29) is 11.8 Å². The van der Waals surface area contributed by atoms with Crippen molar-refractivity contribution >= 4 is 5.91 Å². The third-order valence-corrected chi connectivity index (χ3v) is 3.65. The monoisotopic (exact) mass is 240 g/mol. The Labute approximate surface area is 106 Å². The Morgan fingerprint density at radius 1 is 1.24 bits per heavy atom. The van der Waals surface area contributed by atoms with Crippen molar-refractivity contribution in [2.75, 3.05) is 6.54 Å². The second kappa shape index (κ2) is 7.70. The Morgan fingerprint density at radius 2 is 1.88 bits per heavy atom. The maximum absolute atomic E-state index is 11.8. The molecule has 1 aliphatic rings. The molecule has 1 aliphatic carbocycles. The van der Waals surface area contributed by atoms with E-state index in [9.17, 15) is 4.79 Å². The third kappa shape index (κ3) is 6.06. The first kappa shape index (κ1) is 14.5. The fourth-order valence-corrected chi connectivity index (χ4v) is 2.41. The van der Waals surface area contributed by atoms with Gasteiger partial charge in [-0.15, -0.1) is 0 Å². The Morgan fingerprint density at radius 3 is 2.47 bits per heavy atom. The summed E-state index contributed by atoms with van der Waals surface area (Å²) in [5, 5.41) is 3.06. The highest BCUT2D eigenvalue weighted by atomic mass is 16.1. The minimum Gasteiger partial charge on any atom is -0.356 e. The van der Waals surface area contributed by atoms with Gasteiger partial charge in [-0.05, 0) is 38.0 Å². The summed E-state index contributed by atoms with van der Waals surface area (Å²) in [7, 11) is 0. The molecule has 0 heterocycles. The molecule has 0 radical (unpaired) electrons. The number of carbonyl (C=O) groups excluding carboxylic acids is 1. The average molecular weight is 240 g/mol. The molecule has 0 bridgehead atoms. The summed E-state index contributed by atoms with van der Waals surface area (Å²) in [6, 6.07) is 0.324. The van der Waals surface area contributed by atoms with Gasteiger partial charge in [0.1, 0.15) is 0 Å². The van der Waals surface area contributed by atoms with Gasteiger partial charge in [-0.25, -0.2) is 0 Å². The first-order chi connectivity index (χ1) is 8.09. The van der Waals surface area contributed by atoms with Crippen LogP contribution in [0.25, 0.3) is 0 Å². The number of nitrogens with two attached hydrogens (primary N) is 1. The molecule has 17 heavy (non-hydrogen) atoms. The van der Waals surface area contributed by atoms with Gasteiger partial charge in [0, 0.05) is 18.5 Å². The van der Waals surface area contributed by atoms with Crippen LogP contribution in [0.3, 0.4) is 0 Å². The number of carbonyl (C=O) groups is 1. The number of nitrogens with one attached hydrogen (secondary N) is 1. The molecule has 0 spiro atoms. The minimum atomic E-state index is 0.222. The number of unbranched alkanes of at least 4 members (excludes halogenated alkanes) is 1. The second-order valence-electron chi connectivity index (χ2n) is 5.79. The van der Waals surface area contributed by atoms with E-state index in [1.165, 1.54) is 12.8 Å². The van der Waals surface area contributed by atoms with E-state index in [1.807, 2.05) is 0 Å². The molecule has 1 amide bonds. The van der Waals surface area contributed by atoms with Gasteiger partial charge in [0.05, 0.1) is 0 Å². The highest BCUT2D eigenvalue weighted by Gasteiger charge is 2.23. The summed E-state index contributed by atoms with van der Waals surface area (Å²) >= 11 is 0. The van der Waals surface area contributed by atoms with Crippen molar-refractivity contribution in [1.29, 1.82) is 0 Å². The quantitative estimate of drug-likeness (QED) is 0.701. The largest absolute Gasteiger partial charge is 0.356 e. The zero-order chi connectivity index (χ0) is 12.7. The molecule has 3 N–H and O–H groups in total.